The first-order valence-electron chi connectivity index (χ1n) is 9.97. The van der Waals surface area contributed by atoms with Crippen molar-refractivity contribution in [2.45, 2.75) is 32.7 Å². The van der Waals surface area contributed by atoms with E-state index < -0.39 is 6.23 Å². The maximum atomic E-state index is 10.0. The number of rotatable bonds is 14. The van der Waals surface area contributed by atoms with E-state index >= 15 is 0 Å². The van der Waals surface area contributed by atoms with Crippen LogP contribution < -0.4 is 5.48 Å². The molecule has 2 atom stereocenters. The maximum Gasteiger partial charge on any atom is 0.163 e. The van der Waals surface area contributed by atoms with Gasteiger partial charge >= 0.3 is 0 Å². The molecule has 1 heterocycles. The van der Waals surface area contributed by atoms with E-state index in [4.69, 9.17) is 19.4 Å². The van der Waals surface area contributed by atoms with Gasteiger partial charge in [0.25, 0.3) is 0 Å². The molecule has 0 fully saturated rings. The van der Waals surface area contributed by atoms with E-state index in [0.717, 1.165) is 0 Å². The van der Waals surface area contributed by atoms with Gasteiger partial charge in [-0.3, -0.25) is 5.01 Å². The van der Waals surface area contributed by atoms with E-state index in [1.54, 1.807) is 25.1 Å². The molecule has 2 rings (SSSR count). The minimum atomic E-state index is -0.418. The predicted molar refractivity (Wildman–Crippen MR) is 112 cm³/mol. The molecule has 3 N–H and O–H groups in total. The van der Waals surface area contributed by atoms with Gasteiger partial charge in [0.2, 0.25) is 0 Å². The van der Waals surface area contributed by atoms with Crippen LogP contribution in [0.15, 0.2) is 45.7 Å². The van der Waals surface area contributed by atoms with Gasteiger partial charge in [-0.1, -0.05) is 18.2 Å². The van der Waals surface area contributed by atoms with Gasteiger partial charge in [0, 0.05) is 18.2 Å². The molecule has 30 heavy (non-hydrogen) atoms. The highest BCUT2D eigenvalue weighted by molar-refractivity contribution is 5.68. The molecular formula is C20H31N5O5. The number of benzene rings is 1. The van der Waals surface area contributed by atoms with Gasteiger partial charge < -0.3 is 24.5 Å². The summed E-state index contributed by atoms with van der Waals surface area (Å²) in [7, 11) is 0. The second kappa shape index (κ2) is 13.8. The number of ether oxygens (including phenoxy) is 3. The molecule has 1 aromatic rings. The molecule has 10 heteroatoms. The fourth-order valence-corrected chi connectivity index (χ4v) is 2.65. The lowest BCUT2D eigenvalue weighted by molar-refractivity contribution is -0.0630. The van der Waals surface area contributed by atoms with Gasteiger partial charge in [-0.15, -0.1) is 0 Å². The van der Waals surface area contributed by atoms with Crippen molar-refractivity contribution in [1.82, 2.24) is 10.5 Å². The molecule has 0 bridgehead atoms. The normalized spacial score (nSPS) is 17.9. The Morgan fingerprint density at radius 3 is 2.73 bits per heavy atom. The van der Waals surface area contributed by atoms with Gasteiger partial charge in [0.1, 0.15) is 12.0 Å². The SMILES string of the molecule is C/C=C(\N=NC1CC=NN1CCOCCOCCOC(C)NO)c1ccccc1O. The minimum absolute atomic E-state index is 0.172. The van der Waals surface area contributed by atoms with Crippen LogP contribution in [-0.4, -0.2) is 73.5 Å². The summed E-state index contributed by atoms with van der Waals surface area (Å²) in [6.07, 6.45) is 3.69. The first-order valence-corrected chi connectivity index (χ1v) is 9.97. The molecule has 166 valence electrons. The summed E-state index contributed by atoms with van der Waals surface area (Å²) in [4.78, 5) is 0. The molecular weight excluding hydrogens is 390 g/mol. The number of phenolic OH excluding ortho intramolecular Hbond substituents is 1. The summed E-state index contributed by atoms with van der Waals surface area (Å²) in [6.45, 7) is 6.37. The Kier molecular flexibility index (Phi) is 11.0. The second-order valence-electron chi connectivity index (χ2n) is 6.45. The Bertz CT molecular complexity index is 713. The Balaban J connectivity index is 1.65. The lowest BCUT2D eigenvalue weighted by Crippen LogP contribution is -2.28. The monoisotopic (exact) mass is 421 g/mol. The molecule has 0 aromatic heterocycles. The number of aromatic hydroxyl groups is 1. The summed E-state index contributed by atoms with van der Waals surface area (Å²) >= 11 is 0. The number of para-hydroxylation sites is 1. The highest BCUT2D eigenvalue weighted by Crippen LogP contribution is 2.26. The molecule has 0 spiro atoms. The summed E-state index contributed by atoms with van der Waals surface area (Å²) in [6, 6.07) is 7.04. The molecule has 0 aliphatic carbocycles. The van der Waals surface area contributed by atoms with Crippen LogP contribution in [-0.2, 0) is 14.2 Å². The van der Waals surface area contributed by atoms with Crippen LogP contribution in [0.3, 0.4) is 0 Å². The summed E-state index contributed by atoms with van der Waals surface area (Å²) < 4.78 is 16.2. The van der Waals surface area contributed by atoms with Gasteiger partial charge in [-0.25, -0.2) is 0 Å². The number of nitrogens with zero attached hydrogens (tertiary/aromatic N) is 4. The van der Waals surface area contributed by atoms with Crippen molar-refractivity contribution >= 4 is 11.9 Å². The van der Waals surface area contributed by atoms with Gasteiger partial charge in [-0.2, -0.15) is 20.8 Å². The van der Waals surface area contributed by atoms with Crippen molar-refractivity contribution in [2.75, 3.05) is 39.6 Å². The predicted octanol–water partition coefficient (Wildman–Crippen LogP) is 2.60. The van der Waals surface area contributed by atoms with Gasteiger partial charge in [0.05, 0.1) is 45.3 Å². The van der Waals surface area contributed by atoms with E-state index in [1.165, 1.54) is 0 Å². The number of hydrogen-bond donors (Lipinski definition) is 3. The number of phenols is 1. The zero-order valence-electron chi connectivity index (χ0n) is 17.5. The maximum absolute atomic E-state index is 10.0. The molecule has 0 radical (unpaired) electrons. The van der Waals surface area contributed by atoms with Crippen LogP contribution in [0.4, 0.5) is 0 Å². The molecule has 0 amide bonds. The van der Waals surface area contributed by atoms with Crippen LogP contribution in [0.2, 0.25) is 0 Å². The molecule has 0 saturated heterocycles. The number of azo groups is 1. The minimum Gasteiger partial charge on any atom is -0.507 e. The zero-order chi connectivity index (χ0) is 21.6. The van der Waals surface area contributed by atoms with Crippen LogP contribution in [0.1, 0.15) is 25.8 Å². The summed E-state index contributed by atoms with van der Waals surface area (Å²) in [5, 5.41) is 33.5. The topological polar surface area (TPSA) is 121 Å². The van der Waals surface area contributed by atoms with Gasteiger partial charge in [-0.05, 0) is 26.0 Å². The second-order valence-corrected chi connectivity index (χ2v) is 6.45. The smallest absolute Gasteiger partial charge is 0.163 e. The Morgan fingerprint density at radius 1 is 1.27 bits per heavy atom. The first-order chi connectivity index (χ1) is 14.7. The molecule has 1 aliphatic rings. The largest absolute Gasteiger partial charge is 0.507 e. The third-order valence-corrected chi connectivity index (χ3v) is 4.26. The van der Waals surface area contributed by atoms with E-state index in [0.29, 0.717) is 57.3 Å². The van der Waals surface area contributed by atoms with E-state index in [9.17, 15) is 5.11 Å². The number of hydrogen-bond acceptors (Lipinski definition) is 10. The van der Waals surface area contributed by atoms with E-state index in [-0.39, 0.29) is 11.9 Å². The molecule has 0 saturated carbocycles. The fourth-order valence-electron chi connectivity index (χ4n) is 2.65. The third-order valence-electron chi connectivity index (χ3n) is 4.26. The number of nitrogens with one attached hydrogen (secondary N) is 1. The Labute approximate surface area is 176 Å². The quantitative estimate of drug-likeness (QED) is 0.183. The van der Waals surface area contributed by atoms with Crippen molar-refractivity contribution in [2.24, 2.45) is 15.3 Å². The summed E-state index contributed by atoms with van der Waals surface area (Å²) in [5.41, 5.74) is 3.25. The van der Waals surface area contributed by atoms with E-state index in [2.05, 4.69) is 15.3 Å². The van der Waals surface area contributed by atoms with Crippen LogP contribution in [0.5, 0.6) is 5.75 Å². The zero-order valence-corrected chi connectivity index (χ0v) is 17.5. The summed E-state index contributed by atoms with van der Waals surface area (Å²) in [5.74, 6) is 0.172. The van der Waals surface area contributed by atoms with Crippen LogP contribution in [0.25, 0.3) is 5.70 Å². The molecule has 10 nitrogen and oxygen atoms in total. The van der Waals surface area contributed by atoms with Crippen molar-refractivity contribution < 1.29 is 24.5 Å². The average molecular weight is 421 g/mol. The van der Waals surface area contributed by atoms with Crippen molar-refractivity contribution in [3.05, 3.63) is 35.9 Å². The molecule has 1 aromatic carbocycles. The number of allylic oxidation sites excluding steroid dienone is 1. The Hall–Kier alpha value is -2.37. The standard InChI is InChI=1S/C20H31N5O5/c1-3-18(17-6-4-5-7-19(17)26)22-23-20-8-9-21-25(20)10-11-28-12-13-29-14-15-30-16(2)24-27/h3-7,9,16,20,24,26-27H,8,10-15H2,1-2H3/b18-3-,23-22?. The average Bonchev–Trinajstić information content (AvgIpc) is 3.21. The van der Waals surface area contributed by atoms with E-state index in [1.807, 2.05) is 35.8 Å². The lowest BCUT2D eigenvalue weighted by Gasteiger charge is -2.19. The number of hydroxylamine groups is 1. The van der Waals surface area contributed by atoms with Crippen LogP contribution >= 0.6 is 0 Å². The highest BCUT2D eigenvalue weighted by atomic mass is 16.6. The number of hydrazone groups is 1. The fraction of sp³-hybridized carbons (Fsp3) is 0.550. The first kappa shape index (κ1) is 23.9. The molecule has 2 unspecified atom stereocenters. The van der Waals surface area contributed by atoms with Crippen molar-refractivity contribution in [3.8, 4) is 5.75 Å². The van der Waals surface area contributed by atoms with Crippen LogP contribution in [0, 0.1) is 0 Å². The lowest BCUT2D eigenvalue weighted by atomic mass is 10.1. The third kappa shape index (κ3) is 8.17. The van der Waals surface area contributed by atoms with Crippen molar-refractivity contribution in [3.63, 3.8) is 0 Å². The Morgan fingerprint density at radius 2 is 2.00 bits per heavy atom. The highest BCUT2D eigenvalue weighted by Gasteiger charge is 2.20. The van der Waals surface area contributed by atoms with Crippen molar-refractivity contribution in [1.29, 1.82) is 0 Å². The molecule has 1 aliphatic heterocycles. The van der Waals surface area contributed by atoms with Gasteiger partial charge in [0.15, 0.2) is 6.17 Å².